The standard InChI is InChI=1S/C23H28N4S/c1-2-25-15-21-22(19-8-4-3-5-9-19)24-18-27(21)23(16-25)11-7-12-26(17-23)14-20-10-6-13-28-20/h3-6,8-10,13,18H,2,7,11-12,14-17H2,1H3/t23-/m0/s1. The summed E-state index contributed by atoms with van der Waals surface area (Å²) in [6, 6.07) is 15.1. The summed E-state index contributed by atoms with van der Waals surface area (Å²) in [4.78, 5) is 11.6. The van der Waals surface area contributed by atoms with Crippen LogP contribution < -0.4 is 0 Å². The second kappa shape index (κ2) is 7.47. The number of benzene rings is 1. The van der Waals surface area contributed by atoms with Crippen molar-refractivity contribution in [3.05, 3.63) is 64.7 Å². The van der Waals surface area contributed by atoms with Crippen LogP contribution in [0.3, 0.4) is 0 Å². The number of likely N-dealkylation sites (tertiary alicyclic amines) is 1. The van der Waals surface area contributed by atoms with E-state index in [0.29, 0.717) is 0 Å². The molecule has 5 heteroatoms. The number of imidazole rings is 1. The number of hydrogen-bond acceptors (Lipinski definition) is 4. The van der Waals surface area contributed by atoms with Crippen molar-refractivity contribution in [3.8, 4) is 11.3 Å². The van der Waals surface area contributed by atoms with E-state index >= 15 is 0 Å². The summed E-state index contributed by atoms with van der Waals surface area (Å²) in [6.45, 7) is 8.87. The first-order chi connectivity index (χ1) is 13.8. The van der Waals surface area contributed by atoms with Gasteiger partial charge in [-0.15, -0.1) is 11.3 Å². The molecule has 1 saturated heterocycles. The van der Waals surface area contributed by atoms with Gasteiger partial charge >= 0.3 is 0 Å². The summed E-state index contributed by atoms with van der Waals surface area (Å²) in [5.41, 5.74) is 3.92. The number of nitrogens with zero attached hydrogens (tertiary/aromatic N) is 4. The summed E-state index contributed by atoms with van der Waals surface area (Å²) in [5, 5.41) is 2.19. The second-order valence-electron chi connectivity index (χ2n) is 8.20. The molecule has 0 amide bonds. The van der Waals surface area contributed by atoms with Crippen LogP contribution in [-0.2, 0) is 18.6 Å². The van der Waals surface area contributed by atoms with Crippen LogP contribution in [0.4, 0.5) is 0 Å². The second-order valence-corrected chi connectivity index (χ2v) is 9.23. The lowest BCUT2D eigenvalue weighted by molar-refractivity contribution is 0.0302. The van der Waals surface area contributed by atoms with Gasteiger partial charge in [0.05, 0.1) is 23.3 Å². The summed E-state index contributed by atoms with van der Waals surface area (Å²) in [5.74, 6) is 0. The van der Waals surface area contributed by atoms with Gasteiger partial charge in [0.15, 0.2) is 0 Å². The van der Waals surface area contributed by atoms with Gasteiger partial charge < -0.3 is 4.57 Å². The van der Waals surface area contributed by atoms with Crippen LogP contribution in [0.15, 0.2) is 54.2 Å². The Labute approximate surface area is 171 Å². The minimum atomic E-state index is 0.138. The fourth-order valence-corrected chi connectivity index (χ4v) is 5.79. The van der Waals surface area contributed by atoms with Gasteiger partial charge in [0.2, 0.25) is 0 Å². The van der Waals surface area contributed by atoms with Crippen molar-refractivity contribution in [2.24, 2.45) is 0 Å². The van der Waals surface area contributed by atoms with Crippen LogP contribution in [0.2, 0.25) is 0 Å². The number of thiophene rings is 1. The Kier molecular flexibility index (Phi) is 4.83. The van der Waals surface area contributed by atoms with Crippen LogP contribution in [0.5, 0.6) is 0 Å². The number of fused-ring (bicyclic) bond motifs is 2. The van der Waals surface area contributed by atoms with Gasteiger partial charge in [-0.2, -0.15) is 0 Å². The summed E-state index contributed by atoms with van der Waals surface area (Å²) in [7, 11) is 0. The van der Waals surface area contributed by atoms with Crippen molar-refractivity contribution >= 4 is 11.3 Å². The Morgan fingerprint density at radius 2 is 1.93 bits per heavy atom. The molecule has 0 aliphatic carbocycles. The van der Waals surface area contributed by atoms with Gasteiger partial charge in [0.1, 0.15) is 0 Å². The third-order valence-corrected chi connectivity index (χ3v) is 7.22. The highest BCUT2D eigenvalue weighted by atomic mass is 32.1. The Bertz CT molecular complexity index is 917. The normalized spacial score (nSPS) is 23.2. The van der Waals surface area contributed by atoms with E-state index in [1.807, 2.05) is 11.3 Å². The minimum absolute atomic E-state index is 0.138. The van der Waals surface area contributed by atoms with Crippen LogP contribution in [0.25, 0.3) is 11.3 Å². The molecule has 146 valence electrons. The van der Waals surface area contributed by atoms with Crippen molar-refractivity contribution in [2.45, 2.75) is 38.4 Å². The topological polar surface area (TPSA) is 24.3 Å². The van der Waals surface area contributed by atoms with Crippen LogP contribution in [0, 0.1) is 0 Å². The van der Waals surface area contributed by atoms with Crippen LogP contribution in [-0.4, -0.2) is 45.5 Å². The number of aromatic nitrogens is 2. The lowest BCUT2D eigenvalue weighted by atomic mass is 9.85. The maximum Gasteiger partial charge on any atom is 0.0962 e. The largest absolute Gasteiger partial charge is 0.324 e. The molecule has 28 heavy (non-hydrogen) atoms. The zero-order valence-corrected chi connectivity index (χ0v) is 17.4. The molecule has 0 saturated carbocycles. The van der Waals surface area contributed by atoms with Crippen molar-refractivity contribution in [1.29, 1.82) is 0 Å². The third kappa shape index (κ3) is 3.21. The van der Waals surface area contributed by atoms with Gasteiger partial charge in [-0.05, 0) is 37.4 Å². The highest BCUT2D eigenvalue weighted by Gasteiger charge is 2.43. The SMILES string of the molecule is CCN1Cc2c(-c3ccccc3)ncn2[C@@]2(CCCN(Cc3cccs3)C2)C1. The highest BCUT2D eigenvalue weighted by Crippen LogP contribution is 2.38. The zero-order valence-electron chi connectivity index (χ0n) is 16.6. The Morgan fingerprint density at radius 3 is 2.71 bits per heavy atom. The molecule has 4 nitrogen and oxygen atoms in total. The minimum Gasteiger partial charge on any atom is -0.324 e. The van der Waals surface area contributed by atoms with E-state index in [-0.39, 0.29) is 5.54 Å². The van der Waals surface area contributed by atoms with Gasteiger partial charge in [-0.3, -0.25) is 9.80 Å². The van der Waals surface area contributed by atoms with Crippen molar-refractivity contribution in [1.82, 2.24) is 19.4 Å². The van der Waals surface area contributed by atoms with E-state index in [4.69, 9.17) is 4.98 Å². The molecule has 3 aromatic rings. The fraction of sp³-hybridized carbons (Fsp3) is 0.435. The molecule has 2 aliphatic rings. The summed E-state index contributed by atoms with van der Waals surface area (Å²) < 4.78 is 2.54. The lowest BCUT2D eigenvalue weighted by Gasteiger charge is -2.49. The van der Waals surface area contributed by atoms with Crippen LogP contribution >= 0.6 is 11.3 Å². The fourth-order valence-electron chi connectivity index (χ4n) is 5.04. The third-order valence-electron chi connectivity index (χ3n) is 6.36. The monoisotopic (exact) mass is 392 g/mol. The quantitative estimate of drug-likeness (QED) is 0.656. The predicted octanol–water partition coefficient (Wildman–Crippen LogP) is 4.44. The predicted molar refractivity (Wildman–Crippen MR) is 115 cm³/mol. The van der Waals surface area contributed by atoms with E-state index in [2.05, 4.69) is 75.5 Å². The number of piperidine rings is 1. The Balaban J connectivity index is 1.51. The molecule has 5 rings (SSSR count). The molecule has 0 radical (unpaired) electrons. The maximum absolute atomic E-state index is 4.91. The molecule has 2 aliphatic heterocycles. The average Bonchev–Trinajstić information content (AvgIpc) is 3.39. The van der Waals surface area contributed by atoms with Crippen molar-refractivity contribution in [3.63, 3.8) is 0 Å². The lowest BCUT2D eigenvalue weighted by Crippen LogP contribution is -2.58. The van der Waals surface area contributed by atoms with Gasteiger partial charge in [-0.1, -0.05) is 43.3 Å². The Hall–Kier alpha value is -1.95. The van der Waals surface area contributed by atoms with Gasteiger partial charge in [0, 0.05) is 36.6 Å². The summed E-state index contributed by atoms with van der Waals surface area (Å²) >= 11 is 1.87. The number of likely N-dealkylation sites (N-methyl/N-ethyl adjacent to an activating group) is 1. The molecular weight excluding hydrogens is 364 g/mol. The molecule has 0 unspecified atom stereocenters. The highest BCUT2D eigenvalue weighted by molar-refractivity contribution is 7.09. The molecular formula is C23H28N4S. The molecule has 0 bridgehead atoms. The maximum atomic E-state index is 4.91. The first-order valence-electron chi connectivity index (χ1n) is 10.4. The van der Waals surface area contributed by atoms with E-state index in [1.54, 1.807) is 0 Å². The number of rotatable bonds is 4. The molecule has 1 fully saturated rings. The van der Waals surface area contributed by atoms with Gasteiger partial charge in [0.25, 0.3) is 0 Å². The number of hydrogen-bond donors (Lipinski definition) is 0. The van der Waals surface area contributed by atoms with E-state index < -0.39 is 0 Å². The van der Waals surface area contributed by atoms with Crippen LogP contribution in [0.1, 0.15) is 30.3 Å². The molecule has 4 heterocycles. The molecule has 1 spiro atoms. The smallest absolute Gasteiger partial charge is 0.0962 e. The van der Waals surface area contributed by atoms with E-state index in [9.17, 15) is 0 Å². The Morgan fingerprint density at radius 1 is 1.07 bits per heavy atom. The molecule has 1 atom stereocenters. The van der Waals surface area contributed by atoms with Gasteiger partial charge in [-0.25, -0.2) is 4.98 Å². The van der Waals surface area contributed by atoms with Crippen molar-refractivity contribution in [2.75, 3.05) is 26.2 Å². The first kappa shape index (κ1) is 18.1. The molecule has 1 aromatic carbocycles. The zero-order chi connectivity index (χ0) is 19.0. The van der Waals surface area contributed by atoms with Crippen molar-refractivity contribution < 1.29 is 0 Å². The average molecular weight is 393 g/mol. The molecule has 2 aromatic heterocycles. The summed E-state index contributed by atoms with van der Waals surface area (Å²) in [6.07, 6.45) is 4.61. The van der Waals surface area contributed by atoms with E-state index in [0.717, 1.165) is 38.4 Å². The van der Waals surface area contributed by atoms with E-state index in [1.165, 1.54) is 35.5 Å². The molecule has 0 N–H and O–H groups in total. The first-order valence-corrected chi connectivity index (χ1v) is 11.2.